The largest absolute Gasteiger partial charge is 0.383 e. The van der Waals surface area contributed by atoms with Gasteiger partial charge < -0.3 is 14.6 Å². The number of ether oxygens (including phenoxy) is 1. The average molecular weight is 295 g/mol. The highest BCUT2D eigenvalue weighted by atomic mass is 19.1. The van der Waals surface area contributed by atoms with Gasteiger partial charge >= 0.3 is 0 Å². The van der Waals surface area contributed by atoms with E-state index in [9.17, 15) is 8.78 Å². The summed E-state index contributed by atoms with van der Waals surface area (Å²) in [4.78, 5) is 4.22. The first-order valence-corrected chi connectivity index (χ1v) is 6.77. The van der Waals surface area contributed by atoms with Crippen LogP contribution in [0, 0.1) is 18.6 Å². The van der Waals surface area contributed by atoms with E-state index in [1.54, 1.807) is 17.9 Å². The fourth-order valence-electron chi connectivity index (χ4n) is 2.10. The van der Waals surface area contributed by atoms with Gasteiger partial charge in [-0.1, -0.05) is 6.07 Å². The molecule has 0 saturated carbocycles. The molecule has 1 aromatic carbocycles. The SMILES string of the molecule is COCCNCc1cnc(C)n1Cc1c(F)cccc1F. The van der Waals surface area contributed by atoms with Crippen LogP contribution in [0.5, 0.6) is 0 Å². The van der Waals surface area contributed by atoms with Gasteiger partial charge in [0, 0.05) is 32.0 Å². The molecule has 114 valence electrons. The van der Waals surface area contributed by atoms with Crippen LogP contribution in [0.25, 0.3) is 0 Å². The minimum Gasteiger partial charge on any atom is -0.383 e. The number of nitrogens with zero attached hydrogens (tertiary/aromatic N) is 2. The summed E-state index contributed by atoms with van der Waals surface area (Å²) in [5, 5.41) is 3.20. The van der Waals surface area contributed by atoms with Gasteiger partial charge in [0.2, 0.25) is 0 Å². The second-order valence-electron chi connectivity index (χ2n) is 4.75. The van der Waals surface area contributed by atoms with Crippen LogP contribution in [0.2, 0.25) is 0 Å². The number of aromatic nitrogens is 2. The summed E-state index contributed by atoms with van der Waals surface area (Å²) in [6.45, 7) is 3.83. The summed E-state index contributed by atoms with van der Waals surface area (Å²) >= 11 is 0. The maximum atomic E-state index is 13.8. The van der Waals surface area contributed by atoms with E-state index in [0.29, 0.717) is 19.7 Å². The Hall–Kier alpha value is -1.79. The van der Waals surface area contributed by atoms with E-state index in [4.69, 9.17) is 4.74 Å². The monoisotopic (exact) mass is 295 g/mol. The average Bonchev–Trinajstić information content (AvgIpc) is 2.80. The Morgan fingerprint density at radius 2 is 2.00 bits per heavy atom. The lowest BCUT2D eigenvalue weighted by atomic mass is 10.2. The zero-order valence-corrected chi connectivity index (χ0v) is 12.2. The lowest BCUT2D eigenvalue weighted by molar-refractivity contribution is 0.199. The van der Waals surface area contributed by atoms with E-state index in [-0.39, 0.29) is 12.1 Å². The molecule has 6 heteroatoms. The molecular weight excluding hydrogens is 276 g/mol. The summed E-state index contributed by atoms with van der Waals surface area (Å²) in [6, 6.07) is 3.89. The molecule has 0 radical (unpaired) electrons. The van der Waals surface area contributed by atoms with Gasteiger partial charge in [-0.15, -0.1) is 0 Å². The first-order chi connectivity index (χ1) is 10.1. The van der Waals surface area contributed by atoms with Crippen molar-refractivity contribution >= 4 is 0 Å². The fraction of sp³-hybridized carbons (Fsp3) is 0.400. The molecular formula is C15H19F2N3O. The van der Waals surface area contributed by atoms with Crippen LogP contribution in [0.15, 0.2) is 24.4 Å². The van der Waals surface area contributed by atoms with Crippen LogP contribution in [0.1, 0.15) is 17.1 Å². The first-order valence-electron chi connectivity index (χ1n) is 6.77. The number of rotatable bonds is 7. The van der Waals surface area contributed by atoms with Gasteiger partial charge in [0.25, 0.3) is 0 Å². The maximum absolute atomic E-state index is 13.8. The van der Waals surface area contributed by atoms with Gasteiger partial charge in [-0.2, -0.15) is 0 Å². The van der Waals surface area contributed by atoms with E-state index >= 15 is 0 Å². The van der Waals surface area contributed by atoms with Gasteiger partial charge in [-0.3, -0.25) is 0 Å². The number of methoxy groups -OCH3 is 1. The van der Waals surface area contributed by atoms with Crippen LogP contribution in [-0.4, -0.2) is 29.8 Å². The standard InChI is InChI=1S/C15H19F2N3O/c1-11-19-9-12(8-18-6-7-21-2)20(11)10-13-14(16)4-3-5-15(13)17/h3-5,9,18H,6-8,10H2,1-2H3. The molecule has 0 aliphatic carbocycles. The second kappa shape index (κ2) is 7.28. The summed E-state index contributed by atoms with van der Waals surface area (Å²) in [7, 11) is 1.64. The summed E-state index contributed by atoms with van der Waals surface area (Å²) in [5.41, 5.74) is 0.933. The quantitative estimate of drug-likeness (QED) is 0.796. The second-order valence-corrected chi connectivity index (χ2v) is 4.75. The molecule has 4 nitrogen and oxygen atoms in total. The topological polar surface area (TPSA) is 39.1 Å². The number of benzene rings is 1. The van der Waals surface area contributed by atoms with Crippen molar-refractivity contribution in [1.29, 1.82) is 0 Å². The molecule has 0 aliphatic heterocycles. The highest BCUT2D eigenvalue weighted by molar-refractivity contribution is 5.21. The summed E-state index contributed by atoms with van der Waals surface area (Å²) in [5.74, 6) is -0.357. The minimum atomic E-state index is -0.540. The lowest BCUT2D eigenvalue weighted by Gasteiger charge is -2.12. The van der Waals surface area contributed by atoms with Crippen LogP contribution in [0.3, 0.4) is 0 Å². The smallest absolute Gasteiger partial charge is 0.131 e. The molecule has 0 bridgehead atoms. The number of halogens is 2. The minimum absolute atomic E-state index is 0.0525. The molecule has 1 heterocycles. The Morgan fingerprint density at radius 1 is 1.29 bits per heavy atom. The van der Waals surface area contributed by atoms with Crippen LogP contribution in [0.4, 0.5) is 8.78 Å². The Bertz CT molecular complexity index is 578. The normalized spacial score (nSPS) is 11.0. The number of nitrogens with one attached hydrogen (secondary N) is 1. The molecule has 0 spiro atoms. The highest BCUT2D eigenvalue weighted by Crippen LogP contribution is 2.16. The van der Waals surface area contributed by atoms with Crippen molar-refractivity contribution in [2.45, 2.75) is 20.0 Å². The predicted molar refractivity (Wildman–Crippen MR) is 76.0 cm³/mol. The van der Waals surface area contributed by atoms with Gasteiger partial charge in [0.15, 0.2) is 0 Å². The third kappa shape index (κ3) is 3.86. The molecule has 2 aromatic rings. The van der Waals surface area contributed by atoms with E-state index in [0.717, 1.165) is 11.5 Å². The molecule has 0 unspecified atom stereocenters. The number of hydrogen-bond donors (Lipinski definition) is 1. The highest BCUT2D eigenvalue weighted by Gasteiger charge is 2.13. The first kappa shape index (κ1) is 15.6. The Balaban J connectivity index is 2.14. The van der Waals surface area contributed by atoms with E-state index in [1.807, 2.05) is 6.92 Å². The third-order valence-corrected chi connectivity index (χ3v) is 3.30. The molecule has 0 saturated heterocycles. The molecule has 0 fully saturated rings. The van der Waals surface area contributed by atoms with Gasteiger partial charge in [-0.05, 0) is 19.1 Å². The molecule has 0 aliphatic rings. The molecule has 0 amide bonds. The lowest BCUT2D eigenvalue weighted by Crippen LogP contribution is -2.21. The number of imidazole rings is 1. The Kier molecular flexibility index (Phi) is 5.41. The fourth-order valence-corrected chi connectivity index (χ4v) is 2.10. The van der Waals surface area contributed by atoms with Crippen LogP contribution < -0.4 is 5.32 Å². The van der Waals surface area contributed by atoms with Crippen molar-refractivity contribution in [1.82, 2.24) is 14.9 Å². The zero-order chi connectivity index (χ0) is 15.2. The number of aryl methyl sites for hydroxylation is 1. The molecule has 2 rings (SSSR count). The molecule has 0 atom stereocenters. The zero-order valence-electron chi connectivity index (χ0n) is 12.2. The van der Waals surface area contributed by atoms with Crippen LogP contribution in [-0.2, 0) is 17.8 Å². The summed E-state index contributed by atoms with van der Waals surface area (Å²) < 4.78 is 34.3. The van der Waals surface area contributed by atoms with E-state index < -0.39 is 11.6 Å². The van der Waals surface area contributed by atoms with Gasteiger partial charge in [0.05, 0.1) is 18.8 Å². The van der Waals surface area contributed by atoms with Crippen molar-refractivity contribution in [2.75, 3.05) is 20.3 Å². The predicted octanol–water partition coefficient (Wildman–Crippen LogP) is 2.25. The van der Waals surface area contributed by atoms with Gasteiger partial charge in [0.1, 0.15) is 17.5 Å². The molecule has 1 N–H and O–H groups in total. The van der Waals surface area contributed by atoms with Crippen molar-refractivity contribution < 1.29 is 13.5 Å². The third-order valence-electron chi connectivity index (χ3n) is 3.30. The van der Waals surface area contributed by atoms with Gasteiger partial charge in [-0.25, -0.2) is 13.8 Å². The Morgan fingerprint density at radius 3 is 2.67 bits per heavy atom. The molecule has 1 aromatic heterocycles. The Labute approximate surface area is 122 Å². The van der Waals surface area contributed by atoms with Crippen molar-refractivity contribution in [3.63, 3.8) is 0 Å². The maximum Gasteiger partial charge on any atom is 0.131 e. The molecule has 21 heavy (non-hydrogen) atoms. The summed E-state index contributed by atoms with van der Waals surface area (Å²) in [6.07, 6.45) is 1.72. The van der Waals surface area contributed by atoms with Crippen LogP contribution >= 0.6 is 0 Å². The number of hydrogen-bond acceptors (Lipinski definition) is 3. The van der Waals surface area contributed by atoms with Crippen molar-refractivity contribution in [3.05, 3.63) is 53.1 Å². The van der Waals surface area contributed by atoms with E-state index in [1.165, 1.54) is 18.2 Å². The van der Waals surface area contributed by atoms with Crippen molar-refractivity contribution in [3.8, 4) is 0 Å². The van der Waals surface area contributed by atoms with Crippen molar-refractivity contribution in [2.24, 2.45) is 0 Å². The van der Waals surface area contributed by atoms with E-state index in [2.05, 4.69) is 10.3 Å².